The number of rotatable bonds is 6. The number of carbonyl (C=O) groups excluding carboxylic acids is 1. The second-order valence-electron chi connectivity index (χ2n) is 3.45. The van der Waals surface area contributed by atoms with Crippen LogP contribution in [0.1, 0.15) is 10.6 Å². The number of carbonyl (C=O) groups is 1. The van der Waals surface area contributed by atoms with Gasteiger partial charge >= 0.3 is 0 Å². The molecule has 7 heteroatoms. The van der Waals surface area contributed by atoms with Crippen molar-refractivity contribution in [1.82, 2.24) is 4.90 Å². The molecule has 1 heterocycles. The van der Waals surface area contributed by atoms with Crippen LogP contribution in [0.15, 0.2) is 47.0 Å². The molecule has 0 saturated carbocycles. The van der Waals surface area contributed by atoms with Gasteiger partial charge in [-0.3, -0.25) is 4.79 Å². The number of furan rings is 1. The van der Waals surface area contributed by atoms with Gasteiger partial charge in [0.15, 0.2) is 5.76 Å². The largest absolute Gasteiger partial charge is 0.438 e. The maximum Gasteiger partial charge on any atom is 0.290 e. The van der Waals surface area contributed by atoms with Gasteiger partial charge in [-0.15, -0.1) is 13.2 Å². The van der Waals surface area contributed by atoms with Crippen molar-refractivity contribution in [3.05, 3.63) is 43.2 Å². The summed E-state index contributed by atoms with van der Waals surface area (Å²) in [7, 11) is -3.94. The summed E-state index contributed by atoms with van der Waals surface area (Å²) in [4.78, 5) is 13.4. The highest BCUT2D eigenvalue weighted by Gasteiger charge is 2.20. The van der Waals surface area contributed by atoms with Gasteiger partial charge in [0.05, 0.1) is 0 Å². The van der Waals surface area contributed by atoms with Crippen LogP contribution in [0, 0.1) is 0 Å². The topological polar surface area (TPSA) is 93.6 Å². The van der Waals surface area contributed by atoms with Crippen LogP contribution in [0.2, 0.25) is 0 Å². The van der Waals surface area contributed by atoms with Gasteiger partial charge in [-0.25, -0.2) is 13.6 Å². The van der Waals surface area contributed by atoms with Crippen LogP contribution in [0.5, 0.6) is 0 Å². The monoisotopic (exact) mass is 270 g/mol. The second-order valence-corrected chi connectivity index (χ2v) is 4.94. The lowest BCUT2D eigenvalue weighted by Crippen LogP contribution is -2.31. The molecule has 0 fully saturated rings. The lowest BCUT2D eigenvalue weighted by molar-refractivity contribution is 0.0753. The van der Waals surface area contributed by atoms with Crippen molar-refractivity contribution in [2.24, 2.45) is 5.14 Å². The SMILES string of the molecule is C=CCN(CC=C)C(=O)c1ccc(S(N)(=O)=O)o1. The summed E-state index contributed by atoms with van der Waals surface area (Å²) < 4.78 is 26.9. The molecule has 98 valence electrons. The van der Waals surface area contributed by atoms with E-state index in [1.54, 1.807) is 12.2 Å². The van der Waals surface area contributed by atoms with E-state index in [0.717, 1.165) is 6.07 Å². The fourth-order valence-corrected chi connectivity index (χ4v) is 1.76. The lowest BCUT2D eigenvalue weighted by Gasteiger charge is -2.17. The molecule has 0 bridgehead atoms. The van der Waals surface area contributed by atoms with Crippen LogP contribution in [-0.4, -0.2) is 32.3 Å². The van der Waals surface area contributed by atoms with E-state index in [1.165, 1.54) is 11.0 Å². The third-order valence-electron chi connectivity index (χ3n) is 2.06. The maximum atomic E-state index is 12.0. The number of sulfonamides is 1. The summed E-state index contributed by atoms with van der Waals surface area (Å²) in [5.41, 5.74) is 0. The zero-order chi connectivity index (χ0) is 13.8. The summed E-state index contributed by atoms with van der Waals surface area (Å²) in [6, 6.07) is 2.41. The molecule has 1 aromatic heterocycles. The summed E-state index contributed by atoms with van der Waals surface area (Å²) in [6.07, 6.45) is 3.09. The van der Waals surface area contributed by atoms with Crippen LogP contribution in [0.25, 0.3) is 0 Å². The quantitative estimate of drug-likeness (QED) is 0.771. The van der Waals surface area contributed by atoms with Gasteiger partial charge in [-0.05, 0) is 12.1 Å². The number of hydrogen-bond acceptors (Lipinski definition) is 4. The molecule has 0 radical (unpaired) electrons. The van der Waals surface area contributed by atoms with Crippen molar-refractivity contribution in [3.63, 3.8) is 0 Å². The Hall–Kier alpha value is -1.86. The average Bonchev–Trinajstić information content (AvgIpc) is 2.76. The molecule has 0 aliphatic heterocycles. The highest BCUT2D eigenvalue weighted by Crippen LogP contribution is 2.14. The van der Waals surface area contributed by atoms with Crippen LogP contribution in [-0.2, 0) is 10.0 Å². The van der Waals surface area contributed by atoms with E-state index in [9.17, 15) is 13.2 Å². The first kappa shape index (κ1) is 14.2. The van der Waals surface area contributed by atoms with Crippen molar-refractivity contribution in [2.45, 2.75) is 5.09 Å². The lowest BCUT2D eigenvalue weighted by atomic mass is 10.3. The van der Waals surface area contributed by atoms with Crippen LogP contribution in [0.3, 0.4) is 0 Å². The normalized spacial score (nSPS) is 10.9. The Morgan fingerprint density at radius 2 is 1.89 bits per heavy atom. The predicted octanol–water partition coefficient (Wildman–Crippen LogP) is 0.741. The van der Waals surface area contributed by atoms with Crippen LogP contribution >= 0.6 is 0 Å². The average molecular weight is 270 g/mol. The number of amides is 1. The first-order valence-corrected chi connectivity index (χ1v) is 6.58. The van der Waals surface area contributed by atoms with Gasteiger partial charge in [-0.2, -0.15) is 0 Å². The Morgan fingerprint density at radius 3 is 2.28 bits per heavy atom. The Bertz CT molecular complexity index is 549. The minimum absolute atomic E-state index is 0.0947. The minimum Gasteiger partial charge on any atom is -0.438 e. The molecule has 0 aliphatic carbocycles. The zero-order valence-electron chi connectivity index (χ0n) is 9.70. The minimum atomic E-state index is -3.94. The predicted molar refractivity (Wildman–Crippen MR) is 66.4 cm³/mol. The number of nitrogens with two attached hydrogens (primary N) is 1. The zero-order valence-corrected chi connectivity index (χ0v) is 10.5. The van der Waals surface area contributed by atoms with E-state index in [4.69, 9.17) is 9.56 Å². The van der Waals surface area contributed by atoms with E-state index in [-0.39, 0.29) is 5.76 Å². The molecule has 1 rings (SSSR count). The smallest absolute Gasteiger partial charge is 0.290 e. The second kappa shape index (κ2) is 5.65. The molecule has 18 heavy (non-hydrogen) atoms. The summed E-state index contributed by atoms with van der Waals surface area (Å²) in [5, 5.41) is 4.44. The van der Waals surface area contributed by atoms with Gasteiger partial charge in [0.1, 0.15) is 0 Å². The van der Waals surface area contributed by atoms with Crippen molar-refractivity contribution >= 4 is 15.9 Å². The fraction of sp³-hybridized carbons (Fsp3) is 0.182. The van der Waals surface area contributed by atoms with Gasteiger partial charge in [0.2, 0.25) is 5.09 Å². The van der Waals surface area contributed by atoms with Crippen molar-refractivity contribution in [3.8, 4) is 0 Å². The Morgan fingerprint density at radius 1 is 1.33 bits per heavy atom. The standard InChI is InChI=1S/C11H14N2O4S/c1-3-7-13(8-4-2)11(14)9-5-6-10(17-9)18(12,15)16/h3-6H,1-2,7-8H2,(H2,12,15,16). The molecular weight excluding hydrogens is 256 g/mol. The summed E-state index contributed by atoms with van der Waals surface area (Å²) in [5.74, 6) is -0.549. The molecule has 0 unspecified atom stereocenters. The van der Waals surface area contributed by atoms with Crippen molar-refractivity contribution in [1.29, 1.82) is 0 Å². The van der Waals surface area contributed by atoms with E-state index in [0.29, 0.717) is 13.1 Å². The third kappa shape index (κ3) is 3.31. The Balaban J connectivity index is 2.98. The molecule has 0 aliphatic rings. The molecule has 0 spiro atoms. The third-order valence-corrected chi connectivity index (χ3v) is 2.84. The van der Waals surface area contributed by atoms with Gasteiger partial charge in [-0.1, -0.05) is 12.2 Å². The highest BCUT2D eigenvalue weighted by atomic mass is 32.2. The van der Waals surface area contributed by atoms with Crippen molar-refractivity contribution in [2.75, 3.05) is 13.1 Å². The summed E-state index contributed by atoms with van der Waals surface area (Å²) >= 11 is 0. The first-order valence-electron chi connectivity index (χ1n) is 5.04. The van der Waals surface area contributed by atoms with Gasteiger partial charge < -0.3 is 9.32 Å². The molecule has 0 aromatic carbocycles. The van der Waals surface area contributed by atoms with E-state index in [1.807, 2.05) is 0 Å². The molecular formula is C11H14N2O4S. The number of hydrogen-bond donors (Lipinski definition) is 1. The van der Waals surface area contributed by atoms with Crippen LogP contribution < -0.4 is 5.14 Å². The fourth-order valence-electron chi connectivity index (χ4n) is 1.30. The van der Waals surface area contributed by atoms with Gasteiger partial charge in [0.25, 0.3) is 15.9 Å². The molecule has 0 atom stereocenters. The highest BCUT2D eigenvalue weighted by molar-refractivity contribution is 7.89. The Kier molecular flexibility index (Phi) is 4.46. The van der Waals surface area contributed by atoms with Crippen molar-refractivity contribution < 1.29 is 17.6 Å². The number of nitrogens with zero attached hydrogens (tertiary/aromatic N) is 1. The molecule has 1 aromatic rings. The van der Waals surface area contributed by atoms with Crippen LogP contribution in [0.4, 0.5) is 0 Å². The Labute approximate surface area is 105 Å². The maximum absolute atomic E-state index is 12.0. The number of primary sulfonamides is 1. The van der Waals surface area contributed by atoms with E-state index >= 15 is 0 Å². The van der Waals surface area contributed by atoms with E-state index < -0.39 is 21.0 Å². The van der Waals surface area contributed by atoms with Gasteiger partial charge in [0, 0.05) is 13.1 Å². The van der Waals surface area contributed by atoms with E-state index in [2.05, 4.69) is 13.2 Å². The molecule has 2 N–H and O–H groups in total. The molecule has 0 saturated heterocycles. The molecule has 6 nitrogen and oxygen atoms in total. The summed E-state index contributed by atoms with van der Waals surface area (Å²) in [6.45, 7) is 7.66. The first-order chi connectivity index (χ1) is 8.40. The molecule has 1 amide bonds.